The summed E-state index contributed by atoms with van der Waals surface area (Å²) in [5, 5.41) is 0. The van der Waals surface area contributed by atoms with Gasteiger partial charge in [-0.05, 0) is 24.5 Å². The number of allylic oxidation sites excluding steroid dienone is 2. The SMILES string of the molecule is CC1=C(C(C)C)N=C2N=CC=CC21. The molecule has 68 valence electrons. The Balaban J connectivity index is 2.40. The summed E-state index contributed by atoms with van der Waals surface area (Å²) in [5.74, 6) is 1.81. The summed E-state index contributed by atoms with van der Waals surface area (Å²) in [7, 11) is 0. The van der Waals surface area contributed by atoms with Gasteiger partial charge in [-0.1, -0.05) is 19.9 Å². The zero-order valence-electron chi connectivity index (χ0n) is 8.28. The molecule has 2 aliphatic heterocycles. The molecule has 0 aromatic heterocycles. The van der Waals surface area contributed by atoms with Crippen LogP contribution in [0.5, 0.6) is 0 Å². The van der Waals surface area contributed by atoms with Crippen LogP contribution in [0.1, 0.15) is 20.8 Å². The molecule has 0 spiro atoms. The van der Waals surface area contributed by atoms with Crippen LogP contribution in [0.25, 0.3) is 0 Å². The van der Waals surface area contributed by atoms with Crippen LogP contribution in [0.4, 0.5) is 0 Å². The maximum atomic E-state index is 4.54. The minimum atomic E-state index is 0.349. The Labute approximate surface area is 78.8 Å². The fourth-order valence-electron chi connectivity index (χ4n) is 1.84. The van der Waals surface area contributed by atoms with Gasteiger partial charge in [0.15, 0.2) is 0 Å². The van der Waals surface area contributed by atoms with E-state index in [1.807, 2.05) is 12.3 Å². The molecule has 0 saturated carbocycles. The summed E-state index contributed by atoms with van der Waals surface area (Å²) in [4.78, 5) is 8.81. The minimum Gasteiger partial charge on any atom is -0.240 e. The van der Waals surface area contributed by atoms with Gasteiger partial charge in [0.1, 0.15) is 5.84 Å². The van der Waals surface area contributed by atoms with Gasteiger partial charge in [-0.25, -0.2) is 9.98 Å². The van der Waals surface area contributed by atoms with Crippen molar-refractivity contribution in [2.75, 3.05) is 0 Å². The molecule has 2 heterocycles. The molecule has 0 bridgehead atoms. The average molecular weight is 174 g/mol. The van der Waals surface area contributed by atoms with Crippen LogP contribution in [0, 0.1) is 11.8 Å². The molecule has 0 aromatic carbocycles. The summed E-state index contributed by atoms with van der Waals surface area (Å²) >= 11 is 0. The van der Waals surface area contributed by atoms with Crippen molar-refractivity contribution in [2.45, 2.75) is 20.8 Å². The predicted octanol–water partition coefficient (Wildman–Crippen LogP) is 2.59. The summed E-state index contributed by atoms with van der Waals surface area (Å²) in [6, 6.07) is 0. The zero-order chi connectivity index (χ0) is 9.42. The molecule has 1 atom stereocenters. The van der Waals surface area contributed by atoms with Gasteiger partial charge in [0, 0.05) is 11.9 Å². The van der Waals surface area contributed by atoms with Crippen LogP contribution >= 0.6 is 0 Å². The fraction of sp³-hybridized carbons (Fsp3) is 0.455. The molecule has 0 fully saturated rings. The molecule has 2 rings (SSSR count). The van der Waals surface area contributed by atoms with Gasteiger partial charge in [-0.3, -0.25) is 0 Å². The topological polar surface area (TPSA) is 24.7 Å². The number of rotatable bonds is 1. The maximum Gasteiger partial charge on any atom is 0.139 e. The summed E-state index contributed by atoms with van der Waals surface area (Å²) in [6.45, 7) is 6.50. The molecule has 13 heavy (non-hydrogen) atoms. The fourth-order valence-corrected chi connectivity index (χ4v) is 1.84. The average Bonchev–Trinajstić information content (AvgIpc) is 2.45. The Morgan fingerprint density at radius 1 is 1.38 bits per heavy atom. The summed E-state index contributed by atoms with van der Waals surface area (Å²) in [6.07, 6.45) is 5.97. The Bertz CT molecular complexity index is 343. The second kappa shape index (κ2) is 2.95. The monoisotopic (exact) mass is 174 g/mol. The summed E-state index contributed by atoms with van der Waals surface area (Å²) < 4.78 is 0. The normalized spacial score (nSPS) is 25.5. The summed E-state index contributed by atoms with van der Waals surface area (Å²) in [5.41, 5.74) is 2.57. The van der Waals surface area contributed by atoms with Crippen LogP contribution in [0.3, 0.4) is 0 Å². The molecule has 1 unspecified atom stereocenters. The second-order valence-corrected chi connectivity index (χ2v) is 3.83. The lowest BCUT2D eigenvalue weighted by Crippen LogP contribution is -2.10. The van der Waals surface area contributed by atoms with Crippen LogP contribution in [0.15, 0.2) is 33.4 Å². The highest BCUT2D eigenvalue weighted by atomic mass is 15.0. The first kappa shape index (κ1) is 8.42. The number of hydrogen-bond donors (Lipinski definition) is 0. The van der Waals surface area contributed by atoms with E-state index in [9.17, 15) is 0 Å². The van der Waals surface area contributed by atoms with Crippen LogP contribution in [0.2, 0.25) is 0 Å². The third-order valence-corrected chi connectivity index (χ3v) is 2.53. The number of hydrogen-bond acceptors (Lipinski definition) is 2. The van der Waals surface area contributed by atoms with Crippen molar-refractivity contribution in [2.24, 2.45) is 21.8 Å². The molecule has 0 N–H and O–H groups in total. The highest BCUT2D eigenvalue weighted by Crippen LogP contribution is 2.32. The molecule has 2 nitrogen and oxygen atoms in total. The van der Waals surface area contributed by atoms with E-state index in [2.05, 4.69) is 36.8 Å². The molecule has 0 aromatic rings. The van der Waals surface area contributed by atoms with Crippen molar-refractivity contribution < 1.29 is 0 Å². The van der Waals surface area contributed by atoms with Gasteiger partial charge in [-0.2, -0.15) is 0 Å². The van der Waals surface area contributed by atoms with Gasteiger partial charge in [-0.15, -0.1) is 0 Å². The van der Waals surface area contributed by atoms with Gasteiger partial charge >= 0.3 is 0 Å². The molecule has 2 aliphatic rings. The lowest BCUT2D eigenvalue weighted by atomic mass is 9.96. The first-order valence-corrected chi connectivity index (χ1v) is 4.70. The van der Waals surface area contributed by atoms with Crippen LogP contribution < -0.4 is 0 Å². The number of amidine groups is 1. The van der Waals surface area contributed by atoms with Crippen LogP contribution in [-0.2, 0) is 0 Å². The van der Waals surface area contributed by atoms with E-state index < -0.39 is 0 Å². The number of nitrogens with zero attached hydrogens (tertiary/aromatic N) is 2. The highest BCUT2D eigenvalue weighted by molar-refractivity contribution is 6.01. The van der Waals surface area contributed by atoms with Crippen molar-refractivity contribution in [1.29, 1.82) is 0 Å². The third-order valence-electron chi connectivity index (χ3n) is 2.53. The van der Waals surface area contributed by atoms with Crippen molar-refractivity contribution in [1.82, 2.24) is 0 Å². The Morgan fingerprint density at radius 3 is 2.77 bits per heavy atom. The van der Waals surface area contributed by atoms with E-state index in [-0.39, 0.29) is 0 Å². The number of fused-ring (bicyclic) bond motifs is 1. The van der Waals surface area contributed by atoms with Crippen molar-refractivity contribution in [3.8, 4) is 0 Å². The van der Waals surface area contributed by atoms with E-state index in [1.54, 1.807) is 0 Å². The molecule has 0 aliphatic carbocycles. The highest BCUT2D eigenvalue weighted by Gasteiger charge is 2.26. The maximum absolute atomic E-state index is 4.54. The quantitative estimate of drug-likeness (QED) is 0.583. The zero-order valence-corrected chi connectivity index (χ0v) is 8.28. The van der Waals surface area contributed by atoms with E-state index in [0.717, 1.165) is 5.84 Å². The molecular formula is C11H14N2. The first-order valence-electron chi connectivity index (χ1n) is 4.70. The molecule has 0 amide bonds. The predicted molar refractivity (Wildman–Crippen MR) is 56.1 cm³/mol. The van der Waals surface area contributed by atoms with E-state index in [0.29, 0.717) is 11.8 Å². The second-order valence-electron chi connectivity index (χ2n) is 3.83. The lowest BCUT2D eigenvalue weighted by Gasteiger charge is -2.09. The molecule has 0 saturated heterocycles. The lowest BCUT2D eigenvalue weighted by molar-refractivity contribution is 0.747. The Hall–Kier alpha value is -1.18. The third kappa shape index (κ3) is 1.26. The van der Waals surface area contributed by atoms with Gasteiger partial charge in [0.25, 0.3) is 0 Å². The van der Waals surface area contributed by atoms with E-state index >= 15 is 0 Å². The standard InChI is InChI=1S/C11H14N2/c1-7(2)10-8(3)9-5-4-6-12-11(9)13-10/h4-7,9H,1-3H3. The van der Waals surface area contributed by atoms with Crippen LogP contribution in [-0.4, -0.2) is 12.1 Å². The molecule has 2 heteroatoms. The Morgan fingerprint density at radius 2 is 2.15 bits per heavy atom. The van der Waals surface area contributed by atoms with Gasteiger partial charge < -0.3 is 0 Å². The van der Waals surface area contributed by atoms with E-state index in [1.165, 1.54) is 11.3 Å². The van der Waals surface area contributed by atoms with Crippen molar-refractivity contribution >= 4 is 12.1 Å². The molecular weight excluding hydrogens is 160 g/mol. The van der Waals surface area contributed by atoms with E-state index in [4.69, 9.17) is 0 Å². The van der Waals surface area contributed by atoms with Gasteiger partial charge in [0.2, 0.25) is 0 Å². The van der Waals surface area contributed by atoms with Gasteiger partial charge in [0.05, 0.1) is 5.92 Å². The Kier molecular flexibility index (Phi) is 1.91. The largest absolute Gasteiger partial charge is 0.240 e. The molecule has 0 radical (unpaired) electrons. The smallest absolute Gasteiger partial charge is 0.139 e. The number of aliphatic imine (C=N–C) groups is 2. The minimum absolute atomic E-state index is 0.349. The van der Waals surface area contributed by atoms with Crippen molar-refractivity contribution in [3.63, 3.8) is 0 Å². The first-order chi connectivity index (χ1) is 6.20. The number of dihydropyridines is 1. The van der Waals surface area contributed by atoms with Crippen molar-refractivity contribution in [3.05, 3.63) is 23.4 Å².